The number of unbranched alkanes of at least 4 members (excludes halogenated alkanes) is 1. The SMILES string of the molecule is Cc1nc2c3ccccc3nn2c(C)c1CCC(=O)NCCCCC(=O)O. The van der Waals surface area contributed by atoms with Crippen LogP contribution in [0.3, 0.4) is 0 Å². The molecule has 0 aliphatic rings. The fourth-order valence-corrected chi connectivity index (χ4v) is 3.29. The zero-order valence-corrected chi connectivity index (χ0v) is 15.7. The van der Waals surface area contributed by atoms with Crippen LogP contribution in [-0.2, 0) is 16.0 Å². The third-order valence-corrected chi connectivity index (χ3v) is 4.76. The molecule has 0 bridgehead atoms. The van der Waals surface area contributed by atoms with Crippen molar-refractivity contribution in [3.05, 3.63) is 41.2 Å². The molecule has 0 saturated heterocycles. The van der Waals surface area contributed by atoms with Crippen LogP contribution in [0, 0.1) is 13.8 Å². The Bertz CT molecular complexity index is 994. The van der Waals surface area contributed by atoms with Gasteiger partial charge in [-0.05, 0) is 50.8 Å². The van der Waals surface area contributed by atoms with Crippen LogP contribution in [0.2, 0.25) is 0 Å². The number of aliphatic carboxylic acids is 1. The highest BCUT2D eigenvalue weighted by Crippen LogP contribution is 2.22. The number of rotatable bonds is 8. The van der Waals surface area contributed by atoms with Crippen LogP contribution < -0.4 is 5.32 Å². The van der Waals surface area contributed by atoms with Gasteiger partial charge in [0.1, 0.15) is 0 Å². The number of aromatic nitrogens is 3. The first kappa shape index (κ1) is 18.8. The van der Waals surface area contributed by atoms with Crippen molar-refractivity contribution in [2.45, 2.75) is 46.0 Å². The molecule has 27 heavy (non-hydrogen) atoms. The number of amides is 1. The first-order chi connectivity index (χ1) is 13.0. The molecule has 0 unspecified atom stereocenters. The van der Waals surface area contributed by atoms with Crippen molar-refractivity contribution in [3.63, 3.8) is 0 Å². The fraction of sp³-hybridized carbons (Fsp3) is 0.400. The van der Waals surface area contributed by atoms with Gasteiger partial charge in [0, 0.05) is 36.2 Å². The van der Waals surface area contributed by atoms with E-state index in [2.05, 4.69) is 10.4 Å². The number of carboxylic acid groups (broad SMARTS) is 1. The number of hydrogen-bond acceptors (Lipinski definition) is 4. The molecule has 142 valence electrons. The van der Waals surface area contributed by atoms with Crippen LogP contribution in [0.5, 0.6) is 0 Å². The maximum atomic E-state index is 12.1. The number of aryl methyl sites for hydroxylation is 2. The second-order valence-electron chi connectivity index (χ2n) is 6.71. The summed E-state index contributed by atoms with van der Waals surface area (Å²) in [6, 6.07) is 7.92. The first-order valence-corrected chi connectivity index (χ1v) is 9.19. The quantitative estimate of drug-likeness (QED) is 0.596. The number of fused-ring (bicyclic) bond motifs is 3. The van der Waals surface area contributed by atoms with Crippen molar-refractivity contribution >= 4 is 28.4 Å². The van der Waals surface area contributed by atoms with E-state index in [1.165, 1.54) is 0 Å². The molecular formula is C20H24N4O3. The predicted molar refractivity (Wildman–Crippen MR) is 103 cm³/mol. The summed E-state index contributed by atoms with van der Waals surface area (Å²) in [6.07, 6.45) is 2.34. The van der Waals surface area contributed by atoms with E-state index < -0.39 is 5.97 Å². The average molecular weight is 368 g/mol. The molecule has 3 aromatic rings. The average Bonchev–Trinajstić information content (AvgIpc) is 3.00. The lowest BCUT2D eigenvalue weighted by atomic mass is 10.1. The van der Waals surface area contributed by atoms with E-state index in [0.29, 0.717) is 32.2 Å². The number of benzene rings is 1. The lowest BCUT2D eigenvalue weighted by Gasteiger charge is -2.11. The number of carboxylic acids is 1. The molecule has 0 atom stereocenters. The second kappa shape index (κ2) is 8.16. The van der Waals surface area contributed by atoms with Crippen molar-refractivity contribution in [3.8, 4) is 0 Å². The molecule has 2 N–H and O–H groups in total. The Hall–Kier alpha value is -2.96. The van der Waals surface area contributed by atoms with Crippen molar-refractivity contribution in [1.29, 1.82) is 0 Å². The molecule has 1 amide bonds. The van der Waals surface area contributed by atoms with Gasteiger partial charge in [0.2, 0.25) is 5.91 Å². The lowest BCUT2D eigenvalue weighted by molar-refractivity contribution is -0.137. The van der Waals surface area contributed by atoms with Crippen LogP contribution in [0.4, 0.5) is 0 Å². The van der Waals surface area contributed by atoms with Crippen molar-refractivity contribution < 1.29 is 14.7 Å². The van der Waals surface area contributed by atoms with Crippen LogP contribution in [-0.4, -0.2) is 38.1 Å². The Morgan fingerprint density at radius 3 is 2.70 bits per heavy atom. The van der Waals surface area contributed by atoms with E-state index in [0.717, 1.165) is 33.5 Å². The Balaban J connectivity index is 1.65. The fourth-order valence-electron chi connectivity index (χ4n) is 3.29. The molecule has 0 radical (unpaired) electrons. The highest BCUT2D eigenvalue weighted by molar-refractivity contribution is 5.92. The number of carbonyl (C=O) groups excluding carboxylic acids is 1. The van der Waals surface area contributed by atoms with Crippen molar-refractivity contribution in [2.75, 3.05) is 6.54 Å². The van der Waals surface area contributed by atoms with E-state index in [9.17, 15) is 9.59 Å². The maximum absolute atomic E-state index is 12.1. The third-order valence-electron chi connectivity index (χ3n) is 4.76. The van der Waals surface area contributed by atoms with Gasteiger partial charge in [0.25, 0.3) is 0 Å². The summed E-state index contributed by atoms with van der Waals surface area (Å²) in [4.78, 5) is 27.3. The highest BCUT2D eigenvalue weighted by Gasteiger charge is 2.14. The van der Waals surface area contributed by atoms with Crippen molar-refractivity contribution in [2.24, 2.45) is 0 Å². The number of hydrogen-bond donors (Lipinski definition) is 2. The van der Waals surface area contributed by atoms with Gasteiger partial charge in [-0.15, -0.1) is 0 Å². The molecule has 2 heterocycles. The Labute approximate surface area is 157 Å². The molecule has 1 aromatic carbocycles. The van der Waals surface area contributed by atoms with E-state index >= 15 is 0 Å². The van der Waals surface area contributed by atoms with Gasteiger partial charge in [0.15, 0.2) is 5.65 Å². The minimum absolute atomic E-state index is 0.0325. The van der Waals surface area contributed by atoms with Gasteiger partial charge in [-0.25, -0.2) is 9.50 Å². The molecule has 7 heteroatoms. The summed E-state index contributed by atoms with van der Waals surface area (Å²) in [5.74, 6) is -0.837. The summed E-state index contributed by atoms with van der Waals surface area (Å²) in [5.41, 5.74) is 4.70. The van der Waals surface area contributed by atoms with E-state index in [4.69, 9.17) is 10.1 Å². The Kier molecular flexibility index (Phi) is 5.69. The van der Waals surface area contributed by atoms with Crippen LogP contribution >= 0.6 is 0 Å². The maximum Gasteiger partial charge on any atom is 0.303 e. The van der Waals surface area contributed by atoms with Gasteiger partial charge < -0.3 is 10.4 Å². The highest BCUT2D eigenvalue weighted by atomic mass is 16.4. The molecule has 0 fully saturated rings. The summed E-state index contributed by atoms with van der Waals surface area (Å²) in [7, 11) is 0. The van der Waals surface area contributed by atoms with Gasteiger partial charge in [-0.1, -0.05) is 12.1 Å². The van der Waals surface area contributed by atoms with Crippen LogP contribution in [0.25, 0.3) is 16.6 Å². The van der Waals surface area contributed by atoms with Crippen LogP contribution in [0.15, 0.2) is 24.3 Å². The molecule has 3 rings (SSSR count). The lowest BCUT2D eigenvalue weighted by Crippen LogP contribution is -2.25. The van der Waals surface area contributed by atoms with Gasteiger partial charge in [-0.3, -0.25) is 9.59 Å². The van der Waals surface area contributed by atoms with Gasteiger partial charge in [-0.2, -0.15) is 5.10 Å². The van der Waals surface area contributed by atoms with E-state index in [1.807, 2.05) is 42.6 Å². The summed E-state index contributed by atoms with van der Waals surface area (Å²) in [5, 5.41) is 17.1. The topological polar surface area (TPSA) is 96.6 Å². The number of carbonyl (C=O) groups is 2. The summed E-state index contributed by atoms with van der Waals surface area (Å²) in [6.45, 7) is 4.48. The number of nitrogens with one attached hydrogen (secondary N) is 1. The van der Waals surface area contributed by atoms with Gasteiger partial charge in [0.05, 0.1) is 5.52 Å². The molecule has 0 saturated carbocycles. The molecule has 7 nitrogen and oxygen atoms in total. The molecule has 0 aliphatic carbocycles. The normalized spacial score (nSPS) is 11.2. The van der Waals surface area contributed by atoms with Crippen molar-refractivity contribution in [1.82, 2.24) is 19.9 Å². The molecule has 0 spiro atoms. The number of nitrogens with zero attached hydrogens (tertiary/aromatic N) is 3. The van der Waals surface area contributed by atoms with Crippen LogP contribution in [0.1, 0.15) is 42.6 Å². The zero-order valence-electron chi connectivity index (χ0n) is 15.7. The molecular weight excluding hydrogens is 344 g/mol. The Morgan fingerprint density at radius 1 is 1.15 bits per heavy atom. The largest absolute Gasteiger partial charge is 0.481 e. The molecule has 0 aliphatic heterocycles. The smallest absolute Gasteiger partial charge is 0.303 e. The minimum atomic E-state index is -0.804. The summed E-state index contributed by atoms with van der Waals surface area (Å²) >= 11 is 0. The monoisotopic (exact) mass is 368 g/mol. The zero-order chi connectivity index (χ0) is 19.4. The first-order valence-electron chi connectivity index (χ1n) is 9.19. The summed E-state index contributed by atoms with van der Waals surface area (Å²) < 4.78 is 1.86. The standard InChI is InChI=1S/C20H24N4O3/c1-13-15(10-11-18(25)21-12-6-5-9-19(26)27)14(2)24-20(22-13)16-7-3-4-8-17(16)23-24/h3-4,7-8H,5-6,9-12H2,1-2H3,(H,21,25)(H,26,27). The van der Waals surface area contributed by atoms with E-state index in [-0.39, 0.29) is 12.3 Å². The second-order valence-corrected chi connectivity index (χ2v) is 6.71. The Morgan fingerprint density at radius 2 is 1.93 bits per heavy atom. The van der Waals surface area contributed by atoms with E-state index in [1.54, 1.807) is 0 Å². The molecule has 2 aromatic heterocycles. The predicted octanol–water partition coefficient (Wildman–Crippen LogP) is 2.80. The van der Waals surface area contributed by atoms with Gasteiger partial charge >= 0.3 is 5.97 Å². The third kappa shape index (κ3) is 4.24. The minimum Gasteiger partial charge on any atom is -0.481 e.